The van der Waals surface area contributed by atoms with Crippen molar-refractivity contribution in [3.05, 3.63) is 65.7 Å². The first kappa shape index (κ1) is 24.2. The van der Waals surface area contributed by atoms with Gasteiger partial charge in [0.2, 0.25) is 0 Å². The molecule has 2 aromatic carbocycles. The molecular formula is C22H32IN3O2. The van der Waals surface area contributed by atoms with E-state index in [2.05, 4.69) is 15.6 Å². The Labute approximate surface area is 185 Å². The Balaban J connectivity index is 0.00000392. The molecule has 6 heteroatoms. The van der Waals surface area contributed by atoms with Gasteiger partial charge < -0.3 is 20.5 Å². The van der Waals surface area contributed by atoms with Gasteiger partial charge in [-0.15, -0.1) is 24.0 Å². The number of nitrogens with one attached hydrogen (secondary N) is 2. The Bertz CT molecular complexity index is 691. The second-order valence-electron chi connectivity index (χ2n) is 6.65. The highest BCUT2D eigenvalue weighted by atomic mass is 127. The van der Waals surface area contributed by atoms with Gasteiger partial charge in [-0.2, -0.15) is 0 Å². The zero-order valence-electron chi connectivity index (χ0n) is 16.9. The van der Waals surface area contributed by atoms with Crippen molar-refractivity contribution in [3.63, 3.8) is 0 Å². The third kappa shape index (κ3) is 8.93. The van der Waals surface area contributed by atoms with Crippen LogP contribution in [0.5, 0.6) is 5.75 Å². The summed E-state index contributed by atoms with van der Waals surface area (Å²) in [5.74, 6) is 1.62. The number of aliphatic imine (C=N–C) groups is 1. The molecule has 0 aliphatic carbocycles. The minimum Gasteiger partial charge on any atom is -0.491 e. The maximum Gasteiger partial charge on any atom is 0.191 e. The standard InChI is InChI=1S/C22H31N3O2.HI/c1-4-23-22(24-15-14-21(26)19-8-6-5-7-9-19)25-16-18-10-12-20(13-11-18)27-17(2)3;/h5-13,17,21,26H,4,14-16H2,1-3H3,(H2,23,24,25);1H. The van der Waals surface area contributed by atoms with Crippen molar-refractivity contribution >= 4 is 29.9 Å². The van der Waals surface area contributed by atoms with Crippen LogP contribution in [0.3, 0.4) is 0 Å². The minimum absolute atomic E-state index is 0. The highest BCUT2D eigenvalue weighted by molar-refractivity contribution is 14.0. The van der Waals surface area contributed by atoms with E-state index < -0.39 is 6.10 Å². The highest BCUT2D eigenvalue weighted by Gasteiger charge is 2.07. The average Bonchev–Trinajstić information content (AvgIpc) is 2.67. The summed E-state index contributed by atoms with van der Waals surface area (Å²) in [7, 11) is 0. The smallest absolute Gasteiger partial charge is 0.191 e. The molecule has 0 bridgehead atoms. The van der Waals surface area contributed by atoms with E-state index in [1.807, 2.05) is 75.4 Å². The van der Waals surface area contributed by atoms with Gasteiger partial charge in [-0.1, -0.05) is 42.5 Å². The number of rotatable bonds is 9. The molecule has 0 amide bonds. The van der Waals surface area contributed by atoms with E-state index in [1.165, 1.54) is 0 Å². The molecule has 0 aliphatic heterocycles. The van der Waals surface area contributed by atoms with Gasteiger partial charge in [0.05, 0.1) is 18.8 Å². The molecular weight excluding hydrogens is 465 g/mol. The quantitative estimate of drug-likeness (QED) is 0.275. The first-order valence-corrected chi connectivity index (χ1v) is 9.59. The van der Waals surface area contributed by atoms with Crippen LogP contribution in [0.2, 0.25) is 0 Å². The highest BCUT2D eigenvalue weighted by Crippen LogP contribution is 2.15. The van der Waals surface area contributed by atoms with Crippen LogP contribution in [-0.4, -0.2) is 30.3 Å². The number of nitrogens with zero attached hydrogens (tertiary/aromatic N) is 1. The molecule has 3 N–H and O–H groups in total. The number of hydrogen-bond donors (Lipinski definition) is 3. The Morgan fingerprint density at radius 2 is 1.71 bits per heavy atom. The predicted molar refractivity (Wildman–Crippen MR) is 126 cm³/mol. The fraction of sp³-hybridized carbons (Fsp3) is 0.409. The average molecular weight is 497 g/mol. The molecule has 2 aromatic rings. The van der Waals surface area contributed by atoms with Gasteiger partial charge in [0.15, 0.2) is 5.96 Å². The number of ether oxygens (including phenoxy) is 1. The summed E-state index contributed by atoms with van der Waals surface area (Å²) < 4.78 is 5.66. The molecule has 0 saturated heterocycles. The van der Waals surface area contributed by atoms with Crippen molar-refractivity contribution in [3.8, 4) is 5.75 Å². The van der Waals surface area contributed by atoms with Gasteiger partial charge in [-0.3, -0.25) is 0 Å². The molecule has 154 valence electrons. The lowest BCUT2D eigenvalue weighted by Gasteiger charge is -2.14. The van der Waals surface area contributed by atoms with E-state index in [9.17, 15) is 5.11 Å². The van der Waals surface area contributed by atoms with Crippen LogP contribution in [0.4, 0.5) is 0 Å². The van der Waals surface area contributed by atoms with Crippen LogP contribution in [0.15, 0.2) is 59.6 Å². The molecule has 1 unspecified atom stereocenters. The summed E-state index contributed by atoms with van der Waals surface area (Å²) in [5.41, 5.74) is 2.05. The maximum absolute atomic E-state index is 10.2. The van der Waals surface area contributed by atoms with E-state index in [4.69, 9.17) is 4.74 Å². The van der Waals surface area contributed by atoms with Gasteiger partial charge in [0, 0.05) is 13.1 Å². The van der Waals surface area contributed by atoms with Crippen LogP contribution in [0.1, 0.15) is 44.4 Å². The SMILES string of the molecule is CCNC(=NCc1ccc(OC(C)C)cc1)NCCC(O)c1ccccc1.I. The first-order chi connectivity index (χ1) is 13.1. The summed E-state index contributed by atoms with van der Waals surface area (Å²) in [6.45, 7) is 8.08. The Kier molecular flexibility index (Phi) is 11.6. The normalized spacial score (nSPS) is 12.2. The molecule has 0 heterocycles. The zero-order chi connectivity index (χ0) is 19.5. The first-order valence-electron chi connectivity index (χ1n) is 9.59. The van der Waals surface area contributed by atoms with E-state index in [-0.39, 0.29) is 30.1 Å². The molecule has 0 spiro atoms. The third-order valence-corrected chi connectivity index (χ3v) is 3.95. The number of halogens is 1. The second-order valence-corrected chi connectivity index (χ2v) is 6.65. The number of guanidine groups is 1. The molecule has 0 saturated carbocycles. The van der Waals surface area contributed by atoms with Crippen molar-refractivity contribution in [1.29, 1.82) is 0 Å². The predicted octanol–water partition coefficient (Wildman–Crippen LogP) is 4.27. The van der Waals surface area contributed by atoms with Crippen molar-refractivity contribution in [1.82, 2.24) is 10.6 Å². The van der Waals surface area contributed by atoms with E-state index in [0.29, 0.717) is 19.5 Å². The number of aliphatic hydroxyl groups excluding tert-OH is 1. The Morgan fingerprint density at radius 1 is 1.04 bits per heavy atom. The lowest BCUT2D eigenvalue weighted by Crippen LogP contribution is -2.38. The molecule has 2 rings (SSSR count). The fourth-order valence-electron chi connectivity index (χ4n) is 2.63. The number of hydrogen-bond acceptors (Lipinski definition) is 3. The monoisotopic (exact) mass is 497 g/mol. The van der Waals surface area contributed by atoms with Crippen molar-refractivity contribution < 1.29 is 9.84 Å². The molecule has 0 fully saturated rings. The van der Waals surface area contributed by atoms with Crippen molar-refractivity contribution in [2.45, 2.75) is 45.9 Å². The molecule has 0 aromatic heterocycles. The topological polar surface area (TPSA) is 65.9 Å². The fourth-order valence-corrected chi connectivity index (χ4v) is 2.63. The van der Waals surface area contributed by atoms with E-state index in [0.717, 1.165) is 29.4 Å². The number of benzene rings is 2. The van der Waals surface area contributed by atoms with Crippen molar-refractivity contribution in [2.24, 2.45) is 4.99 Å². The number of aliphatic hydroxyl groups is 1. The summed E-state index contributed by atoms with van der Waals surface area (Å²) in [6.07, 6.45) is 0.315. The zero-order valence-corrected chi connectivity index (χ0v) is 19.2. The lowest BCUT2D eigenvalue weighted by molar-refractivity contribution is 0.168. The van der Waals surface area contributed by atoms with Gasteiger partial charge >= 0.3 is 0 Å². The summed E-state index contributed by atoms with van der Waals surface area (Å²) in [6, 6.07) is 17.7. The summed E-state index contributed by atoms with van der Waals surface area (Å²) in [4.78, 5) is 4.62. The van der Waals surface area contributed by atoms with Crippen LogP contribution >= 0.6 is 24.0 Å². The minimum atomic E-state index is -0.477. The Morgan fingerprint density at radius 3 is 2.32 bits per heavy atom. The third-order valence-electron chi connectivity index (χ3n) is 3.95. The van der Waals surface area contributed by atoms with E-state index >= 15 is 0 Å². The van der Waals surface area contributed by atoms with Crippen LogP contribution in [0, 0.1) is 0 Å². The van der Waals surface area contributed by atoms with Crippen LogP contribution in [0.25, 0.3) is 0 Å². The largest absolute Gasteiger partial charge is 0.491 e. The second kappa shape index (κ2) is 13.4. The summed E-state index contributed by atoms with van der Waals surface area (Å²) >= 11 is 0. The van der Waals surface area contributed by atoms with Crippen LogP contribution in [-0.2, 0) is 6.54 Å². The van der Waals surface area contributed by atoms with E-state index in [1.54, 1.807) is 0 Å². The molecule has 5 nitrogen and oxygen atoms in total. The summed E-state index contributed by atoms with van der Waals surface area (Å²) in [5, 5.41) is 16.8. The van der Waals surface area contributed by atoms with Gasteiger partial charge in [0.1, 0.15) is 5.75 Å². The molecule has 0 radical (unpaired) electrons. The molecule has 28 heavy (non-hydrogen) atoms. The maximum atomic E-state index is 10.2. The Hall–Kier alpha value is -1.80. The van der Waals surface area contributed by atoms with Gasteiger partial charge in [-0.05, 0) is 50.5 Å². The van der Waals surface area contributed by atoms with Gasteiger partial charge in [-0.25, -0.2) is 4.99 Å². The lowest BCUT2D eigenvalue weighted by atomic mass is 10.1. The van der Waals surface area contributed by atoms with Gasteiger partial charge in [0.25, 0.3) is 0 Å². The molecule has 1 atom stereocenters. The van der Waals surface area contributed by atoms with Crippen molar-refractivity contribution in [2.75, 3.05) is 13.1 Å². The molecule has 0 aliphatic rings. The van der Waals surface area contributed by atoms with Crippen LogP contribution < -0.4 is 15.4 Å².